The third-order valence-corrected chi connectivity index (χ3v) is 11.3. The standard InChI is InChI=1S/C20H26F3N3O4.C20H28F3N3O2.CH4O.CH4/c1-18(2,3)30-17(27)24-13-11-19(12-13)6-8-25(9-7-19)16-5-4-14(26(28)29)10-15(16)20(21,22)23;1-18(2,3)28-17(27)25-14-11-19(12-14)6-8-26(9-7-19)16-5-4-13(24)10-15(16)20(21,22)23;1-2;/h4-5,10,13H,6-9,11-12H2,1-3H3,(H,24,27);4-5,10,14H,6-9,11-12,24H2,1-3H3,(H,25,27);2H,1H3;1H4. The second-order valence-corrected chi connectivity index (χ2v) is 18.2. The van der Waals surface area contributed by atoms with Crippen LogP contribution in [0.4, 0.5) is 58.7 Å². The average molecular weight is 877 g/mol. The van der Waals surface area contributed by atoms with Gasteiger partial charge in [0.15, 0.2) is 0 Å². The number of nitrogen functional groups attached to an aromatic ring is 1. The minimum Gasteiger partial charge on any atom is -0.444 e. The summed E-state index contributed by atoms with van der Waals surface area (Å²) in [4.78, 5) is 37.2. The van der Waals surface area contributed by atoms with E-state index in [0.717, 1.165) is 57.8 Å². The van der Waals surface area contributed by atoms with E-state index in [-0.39, 0.29) is 47.4 Å². The van der Waals surface area contributed by atoms with E-state index < -0.39 is 57.5 Å². The van der Waals surface area contributed by atoms with Crippen LogP contribution in [-0.4, -0.2) is 78.8 Å². The Labute approximate surface area is 353 Å². The monoisotopic (exact) mass is 876 g/mol. The number of nitrogens with zero attached hydrogens (tertiary/aromatic N) is 3. The molecule has 5 N–H and O–H groups in total. The number of ether oxygens (including phenoxy) is 2. The molecule has 2 amide bonds. The Bertz CT molecular complexity index is 1810. The van der Waals surface area contributed by atoms with Gasteiger partial charge in [0.05, 0.1) is 16.1 Å². The van der Waals surface area contributed by atoms with Crippen LogP contribution in [0.3, 0.4) is 0 Å². The maximum absolute atomic E-state index is 13.5. The number of piperidine rings is 2. The van der Waals surface area contributed by atoms with Crippen LogP contribution in [0.2, 0.25) is 0 Å². The summed E-state index contributed by atoms with van der Waals surface area (Å²) >= 11 is 0. The number of nitrogens with two attached hydrogens (primary N) is 1. The summed E-state index contributed by atoms with van der Waals surface area (Å²) in [6.45, 7) is 12.8. The summed E-state index contributed by atoms with van der Waals surface area (Å²) in [5.41, 5.74) is 2.61. The molecule has 0 bridgehead atoms. The molecular formula is C42H62F6N6O7. The van der Waals surface area contributed by atoms with Gasteiger partial charge in [-0.2, -0.15) is 26.3 Å². The van der Waals surface area contributed by atoms with Gasteiger partial charge in [-0.25, -0.2) is 9.59 Å². The number of carbonyl (C=O) groups excluding carboxylic acids is 2. The third-order valence-electron chi connectivity index (χ3n) is 11.3. The van der Waals surface area contributed by atoms with Crippen LogP contribution >= 0.6 is 0 Å². The number of benzene rings is 2. The number of alkyl halides is 6. The van der Waals surface area contributed by atoms with E-state index in [1.165, 1.54) is 18.2 Å². The fraction of sp³-hybridized carbons (Fsp3) is 0.667. The molecule has 2 spiro atoms. The Hall–Kier alpha value is -4.68. The van der Waals surface area contributed by atoms with Crippen molar-refractivity contribution in [3.63, 3.8) is 0 Å². The molecule has 0 unspecified atom stereocenters. The zero-order chi connectivity index (χ0) is 45.1. The molecule has 61 heavy (non-hydrogen) atoms. The van der Waals surface area contributed by atoms with Gasteiger partial charge in [-0.1, -0.05) is 7.43 Å². The summed E-state index contributed by atoms with van der Waals surface area (Å²) in [7, 11) is 1.00. The van der Waals surface area contributed by atoms with E-state index in [0.29, 0.717) is 45.1 Å². The van der Waals surface area contributed by atoms with Crippen molar-refractivity contribution >= 4 is 34.9 Å². The van der Waals surface area contributed by atoms with Crippen LogP contribution in [0.15, 0.2) is 36.4 Å². The van der Waals surface area contributed by atoms with Crippen molar-refractivity contribution < 1.29 is 55.4 Å². The Morgan fingerprint density at radius 2 is 1.05 bits per heavy atom. The molecule has 13 nitrogen and oxygen atoms in total. The molecule has 2 aliphatic heterocycles. The fourth-order valence-electron chi connectivity index (χ4n) is 8.58. The van der Waals surface area contributed by atoms with Gasteiger partial charge in [0, 0.05) is 74.6 Å². The summed E-state index contributed by atoms with van der Waals surface area (Å²) < 4.78 is 91.0. The number of aliphatic hydroxyl groups excluding tert-OH is 1. The largest absolute Gasteiger partial charge is 0.444 e. The number of carbonyl (C=O) groups is 2. The second-order valence-electron chi connectivity index (χ2n) is 18.2. The summed E-state index contributed by atoms with van der Waals surface area (Å²) in [6, 6.07) is 6.96. The Morgan fingerprint density at radius 3 is 1.38 bits per heavy atom. The SMILES string of the molecule is C.CC(C)(C)OC(=O)NC1CC2(CCN(c3ccc(N)cc3C(F)(F)F)CC2)C1.CC(C)(C)OC(=O)NC1CC2(CCN(c3ccc([N+](=O)[O-])cc3C(F)(F)F)CC2)C1.CO. The summed E-state index contributed by atoms with van der Waals surface area (Å²) in [6.07, 6.45) is -3.74. The maximum Gasteiger partial charge on any atom is 0.418 e. The zero-order valence-corrected chi connectivity index (χ0v) is 35.2. The van der Waals surface area contributed by atoms with Gasteiger partial charge in [0.25, 0.3) is 5.69 Å². The van der Waals surface area contributed by atoms with Gasteiger partial charge in [0.1, 0.15) is 11.2 Å². The predicted molar refractivity (Wildman–Crippen MR) is 221 cm³/mol. The van der Waals surface area contributed by atoms with Crippen LogP contribution in [0.1, 0.15) is 111 Å². The van der Waals surface area contributed by atoms with Crippen molar-refractivity contribution in [3.05, 3.63) is 57.6 Å². The smallest absolute Gasteiger partial charge is 0.418 e. The van der Waals surface area contributed by atoms with E-state index >= 15 is 0 Å². The van der Waals surface area contributed by atoms with Gasteiger partial charge < -0.3 is 40.7 Å². The van der Waals surface area contributed by atoms with Gasteiger partial charge in [-0.3, -0.25) is 10.1 Å². The van der Waals surface area contributed by atoms with Crippen molar-refractivity contribution in [2.75, 3.05) is 48.8 Å². The van der Waals surface area contributed by atoms with Crippen molar-refractivity contribution in [1.29, 1.82) is 0 Å². The van der Waals surface area contributed by atoms with Gasteiger partial charge >= 0.3 is 24.5 Å². The zero-order valence-electron chi connectivity index (χ0n) is 35.2. The molecule has 19 heteroatoms. The highest BCUT2D eigenvalue weighted by Gasteiger charge is 2.49. The van der Waals surface area contributed by atoms with Crippen molar-refractivity contribution in [1.82, 2.24) is 10.6 Å². The lowest BCUT2D eigenvalue weighted by molar-refractivity contribution is -0.385. The van der Waals surface area contributed by atoms with E-state index in [1.54, 1.807) is 30.6 Å². The maximum atomic E-state index is 13.5. The number of anilines is 3. The lowest BCUT2D eigenvalue weighted by atomic mass is 9.60. The number of nitro groups is 1. The van der Waals surface area contributed by atoms with Crippen molar-refractivity contribution in [2.45, 2.75) is 136 Å². The average Bonchev–Trinajstić information content (AvgIpc) is 3.09. The van der Waals surface area contributed by atoms with Crippen molar-refractivity contribution in [2.24, 2.45) is 10.8 Å². The third kappa shape index (κ3) is 13.7. The fourth-order valence-corrected chi connectivity index (χ4v) is 8.58. The first-order valence-electron chi connectivity index (χ1n) is 19.9. The van der Waals surface area contributed by atoms with E-state index in [2.05, 4.69) is 10.6 Å². The minimum absolute atomic E-state index is 0. The number of alkyl carbamates (subject to hydrolysis) is 2. The molecule has 6 rings (SSSR count). The lowest BCUT2D eigenvalue weighted by Crippen LogP contribution is -2.55. The summed E-state index contributed by atoms with van der Waals surface area (Å²) in [5.74, 6) is 0. The first kappa shape index (κ1) is 50.7. The highest BCUT2D eigenvalue weighted by atomic mass is 19.4. The Balaban J connectivity index is 0.000000308. The first-order valence-corrected chi connectivity index (χ1v) is 19.9. The van der Waals surface area contributed by atoms with E-state index in [4.69, 9.17) is 20.3 Å². The molecule has 0 atom stereocenters. The topological polar surface area (TPSA) is 173 Å². The normalized spacial score (nSPS) is 19.7. The summed E-state index contributed by atoms with van der Waals surface area (Å²) in [5, 5.41) is 23.6. The first-order chi connectivity index (χ1) is 27.6. The highest BCUT2D eigenvalue weighted by molar-refractivity contribution is 5.69. The number of non-ortho nitro benzene ring substituents is 1. The van der Waals surface area contributed by atoms with Crippen LogP contribution in [-0.2, 0) is 21.8 Å². The number of nitro benzene ring substituents is 1. The number of amides is 2. The quantitative estimate of drug-likeness (QED) is 0.0981. The molecule has 2 aromatic rings. The predicted octanol–water partition coefficient (Wildman–Crippen LogP) is 9.69. The number of rotatable bonds is 5. The van der Waals surface area contributed by atoms with Crippen LogP contribution in [0.25, 0.3) is 0 Å². The molecule has 0 radical (unpaired) electrons. The van der Waals surface area contributed by atoms with Crippen LogP contribution in [0.5, 0.6) is 0 Å². The molecule has 2 aliphatic carbocycles. The highest BCUT2D eigenvalue weighted by Crippen LogP contribution is 2.52. The molecule has 2 aromatic carbocycles. The molecular weight excluding hydrogens is 814 g/mol. The molecule has 4 aliphatic rings. The molecule has 2 heterocycles. The lowest BCUT2D eigenvalue weighted by Gasteiger charge is -2.52. The number of nitrogens with one attached hydrogen (secondary N) is 2. The van der Waals surface area contributed by atoms with Gasteiger partial charge in [-0.15, -0.1) is 0 Å². The molecule has 4 fully saturated rings. The van der Waals surface area contributed by atoms with Crippen LogP contribution < -0.4 is 26.2 Å². The number of halogens is 6. The molecule has 2 saturated carbocycles. The molecule has 344 valence electrons. The van der Waals surface area contributed by atoms with Gasteiger partial charge in [0.2, 0.25) is 0 Å². The molecule has 0 aromatic heterocycles. The molecule has 2 saturated heterocycles. The van der Waals surface area contributed by atoms with Gasteiger partial charge in [-0.05, 0) is 128 Å². The minimum atomic E-state index is -4.67. The van der Waals surface area contributed by atoms with E-state index in [1.807, 2.05) is 20.8 Å². The second kappa shape index (κ2) is 19.2. The Morgan fingerprint density at radius 1 is 0.705 bits per heavy atom. The number of hydrogen-bond acceptors (Lipinski definition) is 10. The number of hydrogen-bond donors (Lipinski definition) is 4. The van der Waals surface area contributed by atoms with Crippen LogP contribution in [0, 0.1) is 20.9 Å². The Kier molecular flexibility index (Phi) is 15.9. The van der Waals surface area contributed by atoms with E-state index in [9.17, 15) is 46.0 Å². The number of aliphatic hydroxyl groups is 1. The van der Waals surface area contributed by atoms with Crippen molar-refractivity contribution in [3.8, 4) is 0 Å².